The van der Waals surface area contributed by atoms with Crippen molar-refractivity contribution in [2.75, 3.05) is 13.3 Å². The Kier molecular flexibility index (Phi) is 3.35. The van der Waals surface area contributed by atoms with E-state index in [0.717, 1.165) is 11.3 Å². The highest BCUT2D eigenvalue weighted by molar-refractivity contribution is 5.45. The van der Waals surface area contributed by atoms with Gasteiger partial charge in [0.1, 0.15) is 6.26 Å². The van der Waals surface area contributed by atoms with Gasteiger partial charge in [-0.15, -0.1) is 0 Å². The number of nitrogens with one attached hydrogen (secondary N) is 1. The van der Waals surface area contributed by atoms with E-state index in [-0.39, 0.29) is 6.79 Å². The van der Waals surface area contributed by atoms with Crippen LogP contribution in [0.1, 0.15) is 17.4 Å². The molecule has 0 aliphatic carbocycles. The lowest BCUT2D eigenvalue weighted by atomic mass is 10.1. The fourth-order valence-electron chi connectivity index (χ4n) is 1.90. The lowest BCUT2D eigenvalue weighted by Crippen LogP contribution is -2.21. The van der Waals surface area contributed by atoms with Gasteiger partial charge in [0.25, 0.3) is 0 Å². The SMILES string of the molecule is OC(CNCc1ccon1)c1ccc2c(c1)OCO2. The van der Waals surface area contributed by atoms with Gasteiger partial charge < -0.3 is 24.4 Å². The molecule has 0 saturated carbocycles. The molecular weight excluding hydrogens is 248 g/mol. The molecule has 1 aliphatic heterocycles. The third-order valence-corrected chi connectivity index (χ3v) is 2.92. The van der Waals surface area contributed by atoms with Crippen LogP contribution in [0.2, 0.25) is 0 Å². The van der Waals surface area contributed by atoms with Gasteiger partial charge in [0.05, 0.1) is 11.8 Å². The van der Waals surface area contributed by atoms with Gasteiger partial charge in [-0.05, 0) is 17.7 Å². The van der Waals surface area contributed by atoms with Crippen molar-refractivity contribution in [3.8, 4) is 11.5 Å². The molecule has 1 aliphatic rings. The summed E-state index contributed by atoms with van der Waals surface area (Å²) in [5.41, 5.74) is 1.59. The molecule has 0 radical (unpaired) electrons. The zero-order chi connectivity index (χ0) is 13.1. The Balaban J connectivity index is 1.56. The summed E-state index contributed by atoms with van der Waals surface area (Å²) in [6.07, 6.45) is 0.909. The van der Waals surface area contributed by atoms with Gasteiger partial charge in [0, 0.05) is 19.2 Å². The highest BCUT2D eigenvalue weighted by Gasteiger charge is 2.16. The maximum Gasteiger partial charge on any atom is 0.231 e. The Hall–Kier alpha value is -2.05. The second kappa shape index (κ2) is 5.29. The second-order valence-electron chi connectivity index (χ2n) is 4.25. The average molecular weight is 262 g/mol. The molecule has 0 saturated heterocycles. The third kappa shape index (κ3) is 2.69. The lowest BCUT2D eigenvalue weighted by Gasteiger charge is -2.12. The number of benzene rings is 1. The molecule has 2 heterocycles. The van der Waals surface area contributed by atoms with E-state index in [2.05, 4.69) is 10.5 Å². The standard InChI is InChI=1S/C13H14N2O4/c16-11(7-14-6-10-3-4-19-15-10)9-1-2-12-13(5-9)18-8-17-12/h1-5,11,14,16H,6-8H2. The first-order chi connectivity index (χ1) is 9.33. The van der Waals surface area contributed by atoms with E-state index < -0.39 is 6.10 Å². The highest BCUT2D eigenvalue weighted by atomic mass is 16.7. The molecule has 1 unspecified atom stereocenters. The Morgan fingerprint density at radius 1 is 1.26 bits per heavy atom. The van der Waals surface area contributed by atoms with Crippen molar-refractivity contribution in [1.82, 2.24) is 10.5 Å². The van der Waals surface area contributed by atoms with Crippen LogP contribution in [0.4, 0.5) is 0 Å². The lowest BCUT2D eigenvalue weighted by molar-refractivity contribution is 0.170. The van der Waals surface area contributed by atoms with Crippen LogP contribution in [0.25, 0.3) is 0 Å². The van der Waals surface area contributed by atoms with Crippen LogP contribution in [0.5, 0.6) is 11.5 Å². The number of aliphatic hydroxyl groups excluding tert-OH is 1. The van der Waals surface area contributed by atoms with Crippen molar-refractivity contribution in [2.45, 2.75) is 12.6 Å². The topological polar surface area (TPSA) is 76.8 Å². The van der Waals surface area contributed by atoms with Gasteiger partial charge in [0.15, 0.2) is 11.5 Å². The number of aliphatic hydroxyl groups is 1. The molecule has 3 rings (SSSR count). The summed E-state index contributed by atoms with van der Waals surface area (Å²) in [6.45, 7) is 1.21. The number of aromatic nitrogens is 1. The summed E-state index contributed by atoms with van der Waals surface area (Å²) in [5, 5.41) is 17.0. The fraction of sp³-hybridized carbons (Fsp3) is 0.308. The minimum atomic E-state index is -0.610. The summed E-state index contributed by atoms with van der Waals surface area (Å²) >= 11 is 0. The quantitative estimate of drug-likeness (QED) is 0.844. The Morgan fingerprint density at radius 3 is 3.00 bits per heavy atom. The molecule has 19 heavy (non-hydrogen) atoms. The Labute approximate surface area is 109 Å². The molecule has 0 spiro atoms. The van der Waals surface area contributed by atoms with Crippen LogP contribution in [0.3, 0.4) is 0 Å². The Bertz CT molecular complexity index is 542. The highest BCUT2D eigenvalue weighted by Crippen LogP contribution is 2.34. The molecule has 100 valence electrons. The predicted octanol–water partition coefficient (Wildman–Crippen LogP) is 1.23. The van der Waals surface area contributed by atoms with E-state index in [1.165, 1.54) is 6.26 Å². The summed E-state index contributed by atoms with van der Waals surface area (Å²) in [6, 6.07) is 7.21. The zero-order valence-electron chi connectivity index (χ0n) is 10.2. The van der Waals surface area contributed by atoms with E-state index in [1.807, 2.05) is 6.07 Å². The minimum absolute atomic E-state index is 0.235. The number of ether oxygens (including phenoxy) is 2. The van der Waals surface area contributed by atoms with Crippen LogP contribution in [0, 0.1) is 0 Å². The summed E-state index contributed by atoms with van der Waals surface area (Å²) in [5.74, 6) is 1.39. The monoisotopic (exact) mass is 262 g/mol. The van der Waals surface area contributed by atoms with E-state index in [9.17, 15) is 5.11 Å². The molecule has 1 atom stereocenters. The first kappa shape index (κ1) is 12.0. The number of fused-ring (bicyclic) bond motifs is 1. The molecular formula is C13H14N2O4. The molecule has 6 heteroatoms. The predicted molar refractivity (Wildman–Crippen MR) is 65.7 cm³/mol. The molecule has 0 bridgehead atoms. The van der Waals surface area contributed by atoms with Crippen LogP contribution in [-0.2, 0) is 6.54 Å². The van der Waals surface area contributed by atoms with Crippen molar-refractivity contribution >= 4 is 0 Å². The fourth-order valence-corrected chi connectivity index (χ4v) is 1.90. The second-order valence-corrected chi connectivity index (χ2v) is 4.25. The molecule has 6 nitrogen and oxygen atoms in total. The first-order valence-electron chi connectivity index (χ1n) is 6.00. The average Bonchev–Trinajstić information content (AvgIpc) is 3.08. The van der Waals surface area contributed by atoms with Crippen molar-refractivity contribution in [2.24, 2.45) is 0 Å². The molecule has 1 aromatic carbocycles. The van der Waals surface area contributed by atoms with Gasteiger partial charge in [0.2, 0.25) is 6.79 Å². The van der Waals surface area contributed by atoms with E-state index in [1.54, 1.807) is 18.2 Å². The largest absolute Gasteiger partial charge is 0.454 e. The van der Waals surface area contributed by atoms with Crippen LogP contribution in [0.15, 0.2) is 35.1 Å². The van der Waals surface area contributed by atoms with E-state index in [0.29, 0.717) is 24.6 Å². The van der Waals surface area contributed by atoms with Crippen LogP contribution >= 0.6 is 0 Å². The van der Waals surface area contributed by atoms with Crippen molar-refractivity contribution < 1.29 is 19.1 Å². The van der Waals surface area contributed by atoms with Gasteiger partial charge in [-0.1, -0.05) is 11.2 Å². The number of hydrogen-bond acceptors (Lipinski definition) is 6. The van der Waals surface area contributed by atoms with Gasteiger partial charge in [-0.25, -0.2) is 0 Å². The minimum Gasteiger partial charge on any atom is -0.454 e. The smallest absolute Gasteiger partial charge is 0.231 e. The summed E-state index contributed by atoms with van der Waals surface area (Å²) < 4.78 is 15.2. The molecule has 0 fully saturated rings. The van der Waals surface area contributed by atoms with Gasteiger partial charge >= 0.3 is 0 Å². The van der Waals surface area contributed by atoms with Gasteiger partial charge in [-0.2, -0.15) is 0 Å². The van der Waals surface area contributed by atoms with Crippen molar-refractivity contribution in [3.63, 3.8) is 0 Å². The normalized spacial score (nSPS) is 14.6. The van der Waals surface area contributed by atoms with Gasteiger partial charge in [-0.3, -0.25) is 0 Å². The van der Waals surface area contributed by atoms with Crippen molar-refractivity contribution in [1.29, 1.82) is 0 Å². The van der Waals surface area contributed by atoms with Crippen molar-refractivity contribution in [3.05, 3.63) is 41.8 Å². The molecule has 0 amide bonds. The molecule has 2 aromatic rings. The number of hydrogen-bond donors (Lipinski definition) is 2. The molecule has 2 N–H and O–H groups in total. The Morgan fingerprint density at radius 2 is 2.16 bits per heavy atom. The maximum absolute atomic E-state index is 10.1. The van der Waals surface area contributed by atoms with E-state index >= 15 is 0 Å². The van der Waals surface area contributed by atoms with E-state index in [4.69, 9.17) is 14.0 Å². The number of rotatable bonds is 5. The summed E-state index contributed by atoms with van der Waals surface area (Å²) in [7, 11) is 0. The molecule has 1 aromatic heterocycles. The third-order valence-electron chi connectivity index (χ3n) is 2.92. The first-order valence-corrected chi connectivity index (χ1v) is 6.00. The summed E-state index contributed by atoms with van der Waals surface area (Å²) in [4.78, 5) is 0. The zero-order valence-corrected chi connectivity index (χ0v) is 10.2. The van der Waals surface area contributed by atoms with Crippen LogP contribution < -0.4 is 14.8 Å². The maximum atomic E-state index is 10.1. The number of nitrogens with zero attached hydrogens (tertiary/aromatic N) is 1. The van der Waals surface area contributed by atoms with Crippen LogP contribution in [-0.4, -0.2) is 23.6 Å².